The third-order valence-corrected chi connectivity index (χ3v) is 3.66. The van der Waals surface area contributed by atoms with E-state index in [1.807, 2.05) is 19.9 Å². The first kappa shape index (κ1) is 17.0. The molecule has 0 bridgehead atoms. The first-order valence-electron chi connectivity index (χ1n) is 7.67. The summed E-state index contributed by atoms with van der Waals surface area (Å²) < 4.78 is 29.0. The third kappa shape index (κ3) is 3.63. The van der Waals surface area contributed by atoms with E-state index in [1.54, 1.807) is 10.9 Å². The molecule has 0 aliphatic rings. The van der Waals surface area contributed by atoms with Gasteiger partial charge < -0.3 is 10.4 Å². The van der Waals surface area contributed by atoms with Gasteiger partial charge in [-0.25, -0.2) is 18.4 Å². The predicted molar refractivity (Wildman–Crippen MR) is 88.4 cm³/mol. The normalized spacial score (nSPS) is 12.2. The number of benzene rings is 1. The number of rotatable bonds is 5. The Morgan fingerprint density at radius 2 is 1.92 bits per heavy atom. The van der Waals surface area contributed by atoms with Crippen molar-refractivity contribution in [1.29, 1.82) is 0 Å². The number of hydrogen-bond acceptors (Lipinski definition) is 5. The average Bonchev–Trinajstić information content (AvgIpc) is 2.91. The van der Waals surface area contributed by atoms with Gasteiger partial charge in [-0.2, -0.15) is 5.10 Å². The van der Waals surface area contributed by atoms with Gasteiger partial charge in [0.05, 0.1) is 23.7 Å². The largest absolute Gasteiger partial charge is 0.386 e. The second-order valence-corrected chi connectivity index (χ2v) is 5.63. The topological polar surface area (TPSA) is 75.9 Å². The molecule has 2 heterocycles. The van der Waals surface area contributed by atoms with Crippen LogP contribution in [0.25, 0.3) is 5.82 Å². The van der Waals surface area contributed by atoms with Gasteiger partial charge in [0.25, 0.3) is 0 Å². The first-order valence-corrected chi connectivity index (χ1v) is 7.67. The van der Waals surface area contributed by atoms with Crippen LogP contribution in [0.2, 0.25) is 0 Å². The number of aryl methyl sites for hydroxylation is 2. The van der Waals surface area contributed by atoms with Gasteiger partial charge in [0, 0.05) is 12.2 Å². The van der Waals surface area contributed by atoms with E-state index in [9.17, 15) is 13.9 Å². The molecule has 0 aliphatic heterocycles. The smallest absolute Gasteiger partial charge is 0.174 e. The van der Waals surface area contributed by atoms with Gasteiger partial charge in [-0.05, 0) is 32.0 Å². The molecule has 3 aromatic rings. The second-order valence-electron chi connectivity index (χ2n) is 5.63. The number of aliphatic hydroxyl groups excluding tert-OH is 1. The Labute approximate surface area is 143 Å². The zero-order valence-electron chi connectivity index (χ0n) is 13.7. The van der Waals surface area contributed by atoms with Crippen LogP contribution in [-0.2, 0) is 0 Å². The van der Waals surface area contributed by atoms with Crippen LogP contribution in [0.5, 0.6) is 0 Å². The van der Waals surface area contributed by atoms with E-state index in [-0.39, 0.29) is 12.1 Å². The molecule has 1 aromatic carbocycles. The Morgan fingerprint density at radius 3 is 2.56 bits per heavy atom. The Kier molecular flexibility index (Phi) is 4.71. The zero-order chi connectivity index (χ0) is 18.0. The lowest BCUT2D eigenvalue weighted by Crippen LogP contribution is -2.16. The van der Waals surface area contributed by atoms with E-state index in [4.69, 9.17) is 0 Å². The maximum absolute atomic E-state index is 13.7. The van der Waals surface area contributed by atoms with Gasteiger partial charge in [-0.1, -0.05) is 6.07 Å². The van der Waals surface area contributed by atoms with Crippen LogP contribution >= 0.6 is 0 Å². The summed E-state index contributed by atoms with van der Waals surface area (Å²) in [5.74, 6) is -0.725. The van der Waals surface area contributed by atoms with Crippen molar-refractivity contribution in [3.05, 3.63) is 65.2 Å². The number of aromatic nitrogens is 4. The fraction of sp³-hybridized carbons (Fsp3) is 0.235. The first-order chi connectivity index (χ1) is 12.0. The van der Waals surface area contributed by atoms with E-state index < -0.39 is 17.7 Å². The van der Waals surface area contributed by atoms with E-state index in [0.717, 1.165) is 23.5 Å². The van der Waals surface area contributed by atoms with Crippen LogP contribution in [0.15, 0.2) is 36.7 Å². The molecule has 2 N–H and O–H groups in total. The maximum Gasteiger partial charge on any atom is 0.174 e. The van der Waals surface area contributed by atoms with Crippen molar-refractivity contribution in [2.75, 3.05) is 11.9 Å². The van der Waals surface area contributed by atoms with Crippen molar-refractivity contribution in [2.24, 2.45) is 0 Å². The Bertz CT molecular complexity index is 876. The van der Waals surface area contributed by atoms with Crippen molar-refractivity contribution < 1.29 is 13.9 Å². The van der Waals surface area contributed by atoms with Crippen LogP contribution in [0, 0.1) is 25.5 Å². The molecular formula is C17H17F2N5O. The fourth-order valence-electron chi connectivity index (χ4n) is 2.54. The molecule has 2 aromatic heterocycles. The third-order valence-electron chi connectivity index (χ3n) is 3.66. The fourth-order valence-corrected chi connectivity index (χ4v) is 2.54. The highest BCUT2D eigenvalue weighted by Gasteiger charge is 2.17. The summed E-state index contributed by atoms with van der Waals surface area (Å²) in [6.45, 7) is 3.65. The zero-order valence-corrected chi connectivity index (χ0v) is 13.7. The van der Waals surface area contributed by atoms with Gasteiger partial charge in [-0.3, -0.25) is 4.98 Å². The molecule has 0 saturated carbocycles. The molecule has 3 rings (SSSR count). The number of hydrogen-bond donors (Lipinski definition) is 2. The average molecular weight is 345 g/mol. The van der Waals surface area contributed by atoms with E-state index in [0.29, 0.717) is 11.6 Å². The molecule has 25 heavy (non-hydrogen) atoms. The van der Waals surface area contributed by atoms with E-state index in [2.05, 4.69) is 20.4 Å². The van der Waals surface area contributed by atoms with E-state index in [1.165, 1.54) is 12.3 Å². The summed E-state index contributed by atoms with van der Waals surface area (Å²) >= 11 is 0. The lowest BCUT2D eigenvalue weighted by molar-refractivity contribution is 0.181. The van der Waals surface area contributed by atoms with Crippen molar-refractivity contribution in [2.45, 2.75) is 20.0 Å². The Morgan fingerprint density at radius 1 is 1.20 bits per heavy atom. The minimum Gasteiger partial charge on any atom is -0.386 e. The molecule has 0 amide bonds. The number of aliphatic hydroxyl groups is 1. The molecule has 8 heteroatoms. The minimum absolute atomic E-state index is 0.118. The standard InChI is InChI=1S/C17H17F2N5O/c1-10-6-11(2)24(23-10)16-9-20-8-15(22-16)21-7-14(25)17-12(18)4-3-5-13(17)19/h3-6,8-9,14,25H,7H2,1-2H3,(H,21,22). The van der Waals surface area contributed by atoms with Gasteiger partial charge in [0.2, 0.25) is 0 Å². The van der Waals surface area contributed by atoms with Crippen molar-refractivity contribution in [1.82, 2.24) is 19.7 Å². The maximum atomic E-state index is 13.7. The van der Waals surface area contributed by atoms with Gasteiger partial charge in [0.15, 0.2) is 5.82 Å². The molecule has 0 radical (unpaired) electrons. The van der Waals surface area contributed by atoms with E-state index >= 15 is 0 Å². The molecular weight excluding hydrogens is 328 g/mol. The monoisotopic (exact) mass is 345 g/mol. The lowest BCUT2D eigenvalue weighted by Gasteiger charge is -2.14. The molecule has 0 spiro atoms. The SMILES string of the molecule is Cc1cc(C)n(-c2cncc(NCC(O)c3c(F)cccc3F)n2)n1. The molecule has 0 saturated heterocycles. The van der Waals surface area contributed by atoms with Crippen LogP contribution in [0.1, 0.15) is 23.1 Å². The van der Waals surface area contributed by atoms with Gasteiger partial charge in [0.1, 0.15) is 23.6 Å². The molecule has 0 fully saturated rings. The number of anilines is 1. The summed E-state index contributed by atoms with van der Waals surface area (Å²) in [7, 11) is 0. The highest BCUT2D eigenvalue weighted by atomic mass is 19.1. The number of halogens is 2. The molecule has 1 atom stereocenters. The van der Waals surface area contributed by atoms with Crippen LogP contribution in [0.3, 0.4) is 0 Å². The second kappa shape index (κ2) is 6.94. The summed E-state index contributed by atoms with van der Waals surface area (Å²) in [6, 6.07) is 5.36. The van der Waals surface area contributed by atoms with Crippen molar-refractivity contribution in [3.63, 3.8) is 0 Å². The van der Waals surface area contributed by atoms with Crippen molar-refractivity contribution in [3.8, 4) is 5.82 Å². The number of nitrogens with zero attached hydrogens (tertiary/aromatic N) is 4. The minimum atomic E-state index is -1.36. The van der Waals surface area contributed by atoms with Crippen LogP contribution in [0.4, 0.5) is 14.6 Å². The van der Waals surface area contributed by atoms with Gasteiger partial charge in [-0.15, -0.1) is 0 Å². The lowest BCUT2D eigenvalue weighted by atomic mass is 10.1. The summed E-state index contributed by atoms with van der Waals surface area (Å²) in [6.07, 6.45) is 1.65. The molecule has 6 nitrogen and oxygen atoms in total. The molecule has 1 unspecified atom stereocenters. The van der Waals surface area contributed by atoms with Crippen LogP contribution < -0.4 is 5.32 Å². The highest BCUT2D eigenvalue weighted by molar-refractivity contribution is 5.37. The Balaban J connectivity index is 1.76. The summed E-state index contributed by atoms with van der Waals surface area (Å²) in [5.41, 5.74) is 1.37. The summed E-state index contributed by atoms with van der Waals surface area (Å²) in [4.78, 5) is 8.44. The Hall–Kier alpha value is -2.87. The van der Waals surface area contributed by atoms with Gasteiger partial charge >= 0.3 is 0 Å². The van der Waals surface area contributed by atoms with Crippen molar-refractivity contribution >= 4 is 5.82 Å². The summed E-state index contributed by atoms with van der Waals surface area (Å²) in [5, 5.41) is 17.2. The molecule has 0 aliphatic carbocycles. The quantitative estimate of drug-likeness (QED) is 0.744. The van der Waals surface area contributed by atoms with Crippen LogP contribution in [-0.4, -0.2) is 31.4 Å². The predicted octanol–water partition coefficient (Wildman–Crippen LogP) is 2.70. The number of nitrogens with one attached hydrogen (secondary N) is 1. The molecule has 130 valence electrons. The highest BCUT2D eigenvalue weighted by Crippen LogP contribution is 2.21.